The van der Waals surface area contributed by atoms with Crippen molar-refractivity contribution >= 4 is 5.91 Å². The summed E-state index contributed by atoms with van der Waals surface area (Å²) in [5, 5.41) is 9.12. The van der Waals surface area contributed by atoms with Gasteiger partial charge >= 0.3 is 0 Å². The van der Waals surface area contributed by atoms with Gasteiger partial charge in [-0.1, -0.05) is 6.42 Å². The van der Waals surface area contributed by atoms with Crippen molar-refractivity contribution in [3.63, 3.8) is 0 Å². The lowest BCUT2D eigenvalue weighted by atomic mass is 9.99. The SMILES string of the molecule is CC1CN(C(=O)CN2CCCCC2CCO)CCO1. The number of hydrogen-bond donors (Lipinski definition) is 1. The lowest BCUT2D eigenvalue weighted by Gasteiger charge is -2.37. The molecule has 0 aromatic heterocycles. The average Bonchev–Trinajstić information content (AvgIpc) is 2.41. The number of piperidine rings is 1. The van der Waals surface area contributed by atoms with Crippen molar-refractivity contribution in [1.82, 2.24) is 9.80 Å². The van der Waals surface area contributed by atoms with Gasteiger partial charge in [0.2, 0.25) is 5.91 Å². The Kier molecular flexibility index (Phi) is 5.60. The number of rotatable bonds is 4. The van der Waals surface area contributed by atoms with Crippen LogP contribution >= 0.6 is 0 Å². The van der Waals surface area contributed by atoms with Gasteiger partial charge in [0.1, 0.15) is 0 Å². The molecule has 2 saturated heterocycles. The molecule has 2 rings (SSSR count). The second-order valence-corrected chi connectivity index (χ2v) is 5.65. The first kappa shape index (κ1) is 14.8. The fourth-order valence-electron chi connectivity index (χ4n) is 3.06. The van der Waals surface area contributed by atoms with Crippen LogP contribution in [0.2, 0.25) is 0 Å². The van der Waals surface area contributed by atoms with Gasteiger partial charge in [-0.15, -0.1) is 0 Å². The van der Waals surface area contributed by atoms with Crippen molar-refractivity contribution in [2.75, 3.05) is 39.4 Å². The van der Waals surface area contributed by atoms with E-state index in [1.807, 2.05) is 11.8 Å². The van der Waals surface area contributed by atoms with Crippen LogP contribution in [0.4, 0.5) is 0 Å². The third-order valence-corrected chi connectivity index (χ3v) is 4.14. The zero-order chi connectivity index (χ0) is 13.7. The average molecular weight is 270 g/mol. The molecule has 1 N–H and O–H groups in total. The summed E-state index contributed by atoms with van der Waals surface area (Å²) in [4.78, 5) is 16.5. The number of carbonyl (C=O) groups excluding carboxylic acids is 1. The highest BCUT2D eigenvalue weighted by Gasteiger charge is 2.27. The first-order valence-corrected chi connectivity index (χ1v) is 7.45. The van der Waals surface area contributed by atoms with E-state index in [0.29, 0.717) is 32.3 Å². The minimum Gasteiger partial charge on any atom is -0.396 e. The Morgan fingerprint density at radius 2 is 2.21 bits per heavy atom. The Hall–Kier alpha value is -0.650. The Morgan fingerprint density at radius 1 is 1.37 bits per heavy atom. The first-order valence-electron chi connectivity index (χ1n) is 7.45. The maximum Gasteiger partial charge on any atom is 0.236 e. The van der Waals surface area contributed by atoms with E-state index in [4.69, 9.17) is 9.84 Å². The van der Waals surface area contributed by atoms with Gasteiger partial charge in [0.05, 0.1) is 19.3 Å². The van der Waals surface area contributed by atoms with E-state index in [1.54, 1.807) is 0 Å². The number of ether oxygens (including phenoxy) is 1. The summed E-state index contributed by atoms with van der Waals surface area (Å²) in [7, 11) is 0. The van der Waals surface area contributed by atoms with E-state index in [1.165, 1.54) is 6.42 Å². The van der Waals surface area contributed by atoms with Gasteiger partial charge in [0, 0.05) is 25.7 Å². The van der Waals surface area contributed by atoms with Crippen molar-refractivity contribution in [2.45, 2.75) is 44.8 Å². The Morgan fingerprint density at radius 3 is 2.95 bits per heavy atom. The maximum atomic E-state index is 12.3. The summed E-state index contributed by atoms with van der Waals surface area (Å²) < 4.78 is 5.47. The van der Waals surface area contributed by atoms with Crippen LogP contribution in [0.5, 0.6) is 0 Å². The monoisotopic (exact) mass is 270 g/mol. The van der Waals surface area contributed by atoms with Crippen molar-refractivity contribution in [2.24, 2.45) is 0 Å². The molecular formula is C14H26N2O3. The van der Waals surface area contributed by atoms with Crippen LogP contribution in [-0.4, -0.2) is 72.4 Å². The lowest BCUT2D eigenvalue weighted by Crippen LogP contribution is -2.51. The van der Waals surface area contributed by atoms with Crippen LogP contribution in [0.25, 0.3) is 0 Å². The van der Waals surface area contributed by atoms with Gasteiger partial charge in [-0.2, -0.15) is 0 Å². The maximum absolute atomic E-state index is 12.3. The molecule has 0 saturated carbocycles. The number of aliphatic hydroxyl groups is 1. The van der Waals surface area contributed by atoms with E-state index in [0.717, 1.165) is 25.8 Å². The minimum absolute atomic E-state index is 0.146. The van der Waals surface area contributed by atoms with Crippen molar-refractivity contribution in [3.8, 4) is 0 Å². The molecule has 19 heavy (non-hydrogen) atoms. The van der Waals surface area contributed by atoms with E-state index in [-0.39, 0.29) is 18.6 Å². The summed E-state index contributed by atoms with van der Waals surface area (Å²) in [5.41, 5.74) is 0. The molecule has 0 radical (unpaired) electrons. The Bertz CT molecular complexity index is 296. The Labute approximate surface area is 115 Å². The van der Waals surface area contributed by atoms with Gasteiger partial charge in [0.15, 0.2) is 0 Å². The standard InChI is InChI=1S/C14H26N2O3/c1-12-10-16(7-9-19-12)14(18)11-15-6-3-2-4-13(15)5-8-17/h12-13,17H,2-11H2,1H3. The minimum atomic E-state index is 0.146. The predicted octanol–water partition coefficient (Wildman–Crippen LogP) is 0.471. The Balaban J connectivity index is 1.85. The molecule has 0 aliphatic carbocycles. The summed E-state index contributed by atoms with van der Waals surface area (Å²) in [5.74, 6) is 0.208. The highest BCUT2D eigenvalue weighted by molar-refractivity contribution is 5.78. The topological polar surface area (TPSA) is 53.0 Å². The van der Waals surface area contributed by atoms with Gasteiger partial charge in [-0.25, -0.2) is 0 Å². The van der Waals surface area contributed by atoms with Gasteiger partial charge in [-0.3, -0.25) is 9.69 Å². The molecule has 2 aliphatic heterocycles. The largest absolute Gasteiger partial charge is 0.396 e. The normalized spacial score (nSPS) is 29.5. The number of amides is 1. The molecule has 2 atom stereocenters. The lowest BCUT2D eigenvalue weighted by molar-refractivity contribution is -0.140. The summed E-state index contributed by atoms with van der Waals surface area (Å²) in [6.45, 7) is 5.76. The zero-order valence-corrected chi connectivity index (χ0v) is 11.9. The molecule has 5 heteroatoms. The molecule has 2 unspecified atom stereocenters. The molecule has 5 nitrogen and oxygen atoms in total. The first-order chi connectivity index (χ1) is 9.20. The van der Waals surface area contributed by atoms with Crippen LogP contribution in [0.3, 0.4) is 0 Å². The fraction of sp³-hybridized carbons (Fsp3) is 0.929. The molecule has 2 heterocycles. The molecule has 0 aromatic rings. The quantitative estimate of drug-likeness (QED) is 0.807. The van der Waals surface area contributed by atoms with Crippen LogP contribution in [0.1, 0.15) is 32.6 Å². The van der Waals surface area contributed by atoms with E-state index in [2.05, 4.69) is 4.90 Å². The van der Waals surface area contributed by atoms with Crippen LogP contribution in [-0.2, 0) is 9.53 Å². The van der Waals surface area contributed by atoms with E-state index in [9.17, 15) is 4.79 Å². The predicted molar refractivity (Wildman–Crippen MR) is 72.9 cm³/mol. The molecule has 1 amide bonds. The molecule has 0 spiro atoms. The molecule has 110 valence electrons. The highest BCUT2D eigenvalue weighted by Crippen LogP contribution is 2.19. The van der Waals surface area contributed by atoms with Crippen molar-refractivity contribution in [3.05, 3.63) is 0 Å². The smallest absolute Gasteiger partial charge is 0.236 e. The highest BCUT2D eigenvalue weighted by atomic mass is 16.5. The van der Waals surface area contributed by atoms with Crippen LogP contribution in [0.15, 0.2) is 0 Å². The van der Waals surface area contributed by atoms with E-state index >= 15 is 0 Å². The summed E-state index contributed by atoms with van der Waals surface area (Å²) in [6.07, 6.45) is 4.41. The molecular weight excluding hydrogens is 244 g/mol. The number of nitrogens with zero attached hydrogens (tertiary/aromatic N) is 2. The van der Waals surface area contributed by atoms with Crippen LogP contribution < -0.4 is 0 Å². The number of hydrogen-bond acceptors (Lipinski definition) is 4. The molecule has 2 aliphatic rings. The van der Waals surface area contributed by atoms with Gasteiger partial charge in [-0.05, 0) is 32.7 Å². The van der Waals surface area contributed by atoms with Gasteiger partial charge < -0.3 is 14.7 Å². The van der Waals surface area contributed by atoms with Crippen LogP contribution in [0, 0.1) is 0 Å². The van der Waals surface area contributed by atoms with Crippen molar-refractivity contribution in [1.29, 1.82) is 0 Å². The molecule has 0 bridgehead atoms. The molecule has 2 fully saturated rings. The number of carbonyl (C=O) groups is 1. The van der Waals surface area contributed by atoms with Crippen molar-refractivity contribution < 1.29 is 14.6 Å². The summed E-state index contributed by atoms with van der Waals surface area (Å²) in [6, 6.07) is 0.376. The number of morpholine rings is 1. The van der Waals surface area contributed by atoms with Gasteiger partial charge in [0.25, 0.3) is 0 Å². The zero-order valence-electron chi connectivity index (χ0n) is 11.9. The second kappa shape index (κ2) is 7.22. The third kappa shape index (κ3) is 4.16. The summed E-state index contributed by atoms with van der Waals surface area (Å²) >= 11 is 0. The number of aliphatic hydroxyl groups excluding tert-OH is 1. The third-order valence-electron chi connectivity index (χ3n) is 4.14. The number of likely N-dealkylation sites (tertiary alicyclic amines) is 1. The second-order valence-electron chi connectivity index (χ2n) is 5.65. The van der Waals surface area contributed by atoms with E-state index < -0.39 is 0 Å². The molecule has 0 aromatic carbocycles. The fourth-order valence-corrected chi connectivity index (χ4v) is 3.06.